The van der Waals surface area contributed by atoms with E-state index in [1.54, 1.807) is 11.3 Å². The van der Waals surface area contributed by atoms with Crippen molar-refractivity contribution in [1.29, 1.82) is 0 Å². The Hall–Kier alpha value is -1.68. The van der Waals surface area contributed by atoms with E-state index in [0.717, 1.165) is 21.8 Å². The van der Waals surface area contributed by atoms with Crippen molar-refractivity contribution in [1.82, 2.24) is 10.3 Å². The van der Waals surface area contributed by atoms with Crippen molar-refractivity contribution < 1.29 is 4.79 Å². The molecule has 0 bridgehead atoms. The molecule has 0 saturated heterocycles. The Kier molecular flexibility index (Phi) is 4.23. The first-order valence-corrected chi connectivity index (χ1v) is 7.54. The minimum absolute atomic E-state index is 0.0668. The van der Waals surface area contributed by atoms with Crippen molar-refractivity contribution in [3.05, 3.63) is 40.9 Å². The Balaban J connectivity index is 2.00. The van der Waals surface area contributed by atoms with Crippen LogP contribution in [0.25, 0.3) is 10.6 Å². The van der Waals surface area contributed by atoms with Crippen molar-refractivity contribution in [3.8, 4) is 10.6 Å². The number of carbonyl (C=O) groups is 1. The number of aromatic nitrogens is 1. The second-order valence-corrected chi connectivity index (χ2v) is 6.78. The van der Waals surface area contributed by atoms with Gasteiger partial charge < -0.3 is 5.32 Å². The van der Waals surface area contributed by atoms with E-state index in [9.17, 15) is 4.79 Å². The quantitative estimate of drug-likeness (QED) is 0.934. The molecule has 1 N–H and O–H groups in total. The van der Waals surface area contributed by atoms with Crippen LogP contribution in [-0.2, 0) is 11.3 Å². The third-order valence-electron chi connectivity index (χ3n) is 2.95. The lowest BCUT2D eigenvalue weighted by molar-refractivity contribution is -0.128. The van der Waals surface area contributed by atoms with Crippen LogP contribution in [0, 0.1) is 12.3 Å². The zero-order valence-electron chi connectivity index (χ0n) is 12.4. The van der Waals surface area contributed by atoms with Gasteiger partial charge in [0.15, 0.2) is 0 Å². The highest BCUT2D eigenvalue weighted by molar-refractivity contribution is 7.13. The molecule has 1 aromatic carbocycles. The molecule has 0 unspecified atom stereocenters. The number of amides is 1. The first-order valence-electron chi connectivity index (χ1n) is 6.66. The number of carbonyl (C=O) groups excluding carboxylic acids is 1. The maximum absolute atomic E-state index is 11.8. The Morgan fingerprint density at radius 2 is 1.90 bits per heavy atom. The third kappa shape index (κ3) is 3.67. The molecule has 0 aliphatic carbocycles. The first-order chi connectivity index (χ1) is 9.36. The molecule has 2 aromatic rings. The van der Waals surface area contributed by atoms with Crippen LogP contribution in [0.1, 0.15) is 32.0 Å². The maximum atomic E-state index is 11.8. The number of nitrogens with zero attached hydrogens (tertiary/aromatic N) is 1. The van der Waals surface area contributed by atoms with E-state index in [2.05, 4.69) is 22.4 Å². The molecule has 20 heavy (non-hydrogen) atoms. The van der Waals surface area contributed by atoms with E-state index in [1.807, 2.05) is 45.2 Å². The molecule has 106 valence electrons. The van der Waals surface area contributed by atoms with Crippen molar-refractivity contribution >= 4 is 17.2 Å². The van der Waals surface area contributed by atoms with Crippen LogP contribution in [0.5, 0.6) is 0 Å². The van der Waals surface area contributed by atoms with Gasteiger partial charge in [0.05, 0.1) is 0 Å². The fourth-order valence-electron chi connectivity index (χ4n) is 1.70. The van der Waals surface area contributed by atoms with E-state index >= 15 is 0 Å². The van der Waals surface area contributed by atoms with Crippen molar-refractivity contribution in [2.75, 3.05) is 0 Å². The van der Waals surface area contributed by atoms with E-state index in [-0.39, 0.29) is 11.3 Å². The van der Waals surface area contributed by atoms with E-state index in [4.69, 9.17) is 0 Å². The van der Waals surface area contributed by atoms with Gasteiger partial charge in [0.2, 0.25) is 5.91 Å². The van der Waals surface area contributed by atoms with Gasteiger partial charge >= 0.3 is 0 Å². The molecule has 0 fully saturated rings. The number of hydrogen-bond acceptors (Lipinski definition) is 3. The van der Waals surface area contributed by atoms with E-state index in [1.165, 1.54) is 0 Å². The van der Waals surface area contributed by atoms with Gasteiger partial charge in [-0.15, -0.1) is 11.3 Å². The lowest BCUT2D eigenvalue weighted by atomic mass is 9.95. The Morgan fingerprint density at radius 1 is 1.25 bits per heavy atom. The summed E-state index contributed by atoms with van der Waals surface area (Å²) in [5, 5.41) is 6.03. The molecule has 0 aliphatic rings. The molecule has 0 spiro atoms. The van der Waals surface area contributed by atoms with Crippen molar-refractivity contribution in [2.45, 2.75) is 34.2 Å². The number of benzene rings is 1. The minimum atomic E-state index is -0.349. The highest BCUT2D eigenvalue weighted by Gasteiger charge is 2.20. The number of rotatable bonds is 3. The molecule has 1 amide bonds. The van der Waals surface area contributed by atoms with Crippen LogP contribution in [-0.4, -0.2) is 10.9 Å². The molecule has 0 saturated carbocycles. The van der Waals surface area contributed by atoms with Gasteiger partial charge in [0.1, 0.15) is 5.01 Å². The van der Waals surface area contributed by atoms with Crippen LogP contribution in [0.3, 0.4) is 0 Å². The van der Waals surface area contributed by atoms with Gasteiger partial charge in [0.25, 0.3) is 0 Å². The van der Waals surface area contributed by atoms with Gasteiger partial charge in [-0.2, -0.15) is 0 Å². The molecule has 4 heteroatoms. The number of aryl methyl sites for hydroxylation is 1. The number of thiazole rings is 1. The maximum Gasteiger partial charge on any atom is 0.225 e. The summed E-state index contributed by atoms with van der Waals surface area (Å²) in [6.45, 7) is 8.30. The molecular weight excluding hydrogens is 268 g/mol. The second kappa shape index (κ2) is 5.75. The SMILES string of the molecule is Cc1csc(-c2ccc(CNC(=O)C(C)(C)C)cc2)n1. The van der Waals surface area contributed by atoms with Crippen molar-refractivity contribution in [3.63, 3.8) is 0 Å². The zero-order chi connectivity index (χ0) is 14.8. The molecule has 1 heterocycles. The van der Waals surface area contributed by atoms with Crippen LogP contribution in [0.15, 0.2) is 29.6 Å². The summed E-state index contributed by atoms with van der Waals surface area (Å²) in [5.41, 5.74) is 2.92. The molecule has 1 aromatic heterocycles. The lowest BCUT2D eigenvalue weighted by Gasteiger charge is -2.17. The van der Waals surface area contributed by atoms with Crippen LogP contribution >= 0.6 is 11.3 Å². The second-order valence-electron chi connectivity index (χ2n) is 5.92. The Labute approximate surface area is 124 Å². The summed E-state index contributed by atoms with van der Waals surface area (Å²) in [4.78, 5) is 16.3. The molecule has 2 rings (SSSR count). The summed E-state index contributed by atoms with van der Waals surface area (Å²) in [6.07, 6.45) is 0. The average molecular weight is 288 g/mol. The molecule has 0 atom stereocenters. The molecule has 0 radical (unpaired) electrons. The van der Waals surface area contributed by atoms with Gasteiger partial charge in [-0.25, -0.2) is 4.98 Å². The largest absolute Gasteiger partial charge is 0.352 e. The normalized spacial score (nSPS) is 11.4. The van der Waals surface area contributed by atoms with Crippen molar-refractivity contribution in [2.24, 2.45) is 5.41 Å². The summed E-state index contributed by atoms with van der Waals surface area (Å²) < 4.78 is 0. The van der Waals surface area contributed by atoms with E-state index in [0.29, 0.717) is 6.54 Å². The monoisotopic (exact) mass is 288 g/mol. The third-order valence-corrected chi connectivity index (χ3v) is 3.96. The van der Waals surface area contributed by atoms with E-state index < -0.39 is 0 Å². The van der Waals surface area contributed by atoms with Gasteiger partial charge in [-0.05, 0) is 12.5 Å². The molecular formula is C16H20N2OS. The highest BCUT2D eigenvalue weighted by atomic mass is 32.1. The van der Waals surface area contributed by atoms with Gasteiger partial charge in [0, 0.05) is 28.6 Å². The summed E-state index contributed by atoms with van der Waals surface area (Å²) in [6, 6.07) is 8.18. The van der Waals surface area contributed by atoms with Gasteiger partial charge in [-0.1, -0.05) is 45.0 Å². The number of hydrogen-bond donors (Lipinski definition) is 1. The lowest BCUT2D eigenvalue weighted by Crippen LogP contribution is -2.34. The Morgan fingerprint density at radius 3 is 2.40 bits per heavy atom. The molecule has 0 aliphatic heterocycles. The summed E-state index contributed by atoms with van der Waals surface area (Å²) in [7, 11) is 0. The summed E-state index contributed by atoms with van der Waals surface area (Å²) in [5.74, 6) is 0.0668. The Bertz CT molecular complexity index is 594. The van der Waals surface area contributed by atoms with Crippen LogP contribution < -0.4 is 5.32 Å². The fraction of sp³-hybridized carbons (Fsp3) is 0.375. The highest BCUT2D eigenvalue weighted by Crippen LogP contribution is 2.23. The van der Waals surface area contributed by atoms with Gasteiger partial charge in [-0.3, -0.25) is 4.79 Å². The predicted molar refractivity (Wildman–Crippen MR) is 83.6 cm³/mol. The standard InChI is InChI=1S/C16H20N2OS/c1-11-10-20-14(18-11)13-7-5-12(6-8-13)9-17-15(19)16(2,3)4/h5-8,10H,9H2,1-4H3,(H,17,19). The average Bonchev–Trinajstić information content (AvgIpc) is 2.82. The topological polar surface area (TPSA) is 42.0 Å². The predicted octanol–water partition coefficient (Wildman–Crippen LogP) is 3.78. The summed E-state index contributed by atoms with van der Waals surface area (Å²) >= 11 is 1.65. The fourth-order valence-corrected chi connectivity index (χ4v) is 2.50. The van der Waals surface area contributed by atoms with Crippen LogP contribution in [0.2, 0.25) is 0 Å². The zero-order valence-corrected chi connectivity index (χ0v) is 13.2. The smallest absolute Gasteiger partial charge is 0.225 e. The molecule has 3 nitrogen and oxygen atoms in total. The minimum Gasteiger partial charge on any atom is -0.352 e. The first kappa shape index (κ1) is 14.7. The van der Waals surface area contributed by atoms with Crippen LogP contribution in [0.4, 0.5) is 0 Å². The number of nitrogens with one attached hydrogen (secondary N) is 1.